The van der Waals surface area contributed by atoms with Crippen LogP contribution in [0.1, 0.15) is 12.8 Å². The maximum atomic E-state index is 12.9. The normalized spacial score (nSPS) is 21.0. The van der Waals surface area contributed by atoms with Crippen molar-refractivity contribution in [3.8, 4) is 0 Å². The predicted octanol–water partition coefficient (Wildman–Crippen LogP) is 3.06. The van der Waals surface area contributed by atoms with Gasteiger partial charge in [-0.2, -0.15) is 0 Å². The Hall–Kier alpha value is -0.610. The minimum Gasteiger partial charge on any atom is -0.316 e. The van der Waals surface area contributed by atoms with Gasteiger partial charge in [0.15, 0.2) is 11.6 Å². The van der Waals surface area contributed by atoms with Crippen LogP contribution in [0.25, 0.3) is 0 Å². The van der Waals surface area contributed by atoms with E-state index in [0.29, 0.717) is 5.92 Å². The van der Waals surface area contributed by atoms with E-state index in [2.05, 4.69) is 5.32 Å². The summed E-state index contributed by atoms with van der Waals surface area (Å²) in [6.45, 7) is 2.14. The zero-order valence-corrected chi connectivity index (χ0v) is 9.83. The third-order valence-electron chi connectivity index (χ3n) is 2.78. The molecule has 1 fully saturated rings. The van der Waals surface area contributed by atoms with Gasteiger partial charge in [-0.1, -0.05) is 0 Å². The highest BCUT2D eigenvalue weighted by Crippen LogP contribution is 2.24. The lowest BCUT2D eigenvalue weighted by atomic mass is 10.0. The van der Waals surface area contributed by atoms with Gasteiger partial charge in [-0.05, 0) is 50.0 Å². The molecule has 1 saturated heterocycles. The number of hydrogen-bond acceptors (Lipinski definition) is 2. The molecule has 0 saturated carbocycles. The molecule has 1 aromatic carbocycles. The summed E-state index contributed by atoms with van der Waals surface area (Å²) in [6, 6.07) is 4.10. The van der Waals surface area contributed by atoms with Crippen LogP contribution < -0.4 is 5.32 Å². The van der Waals surface area contributed by atoms with Crippen molar-refractivity contribution in [1.82, 2.24) is 5.32 Å². The average Bonchev–Trinajstić information content (AvgIpc) is 2.32. The Bertz CT molecular complexity index is 351. The van der Waals surface area contributed by atoms with Crippen LogP contribution >= 0.6 is 11.8 Å². The van der Waals surface area contributed by atoms with E-state index in [-0.39, 0.29) is 0 Å². The molecule has 1 aliphatic heterocycles. The Balaban J connectivity index is 1.86. The summed E-state index contributed by atoms with van der Waals surface area (Å²) in [4.78, 5) is 0.810. The molecule has 88 valence electrons. The topological polar surface area (TPSA) is 12.0 Å². The minimum absolute atomic E-state index is 0.645. The molecule has 1 unspecified atom stereocenters. The van der Waals surface area contributed by atoms with Crippen molar-refractivity contribution in [2.24, 2.45) is 5.92 Å². The summed E-state index contributed by atoms with van der Waals surface area (Å²) in [6.07, 6.45) is 2.44. The van der Waals surface area contributed by atoms with Crippen LogP contribution in [-0.2, 0) is 0 Å². The third kappa shape index (κ3) is 3.19. The van der Waals surface area contributed by atoms with Crippen molar-refractivity contribution in [3.05, 3.63) is 29.8 Å². The molecule has 16 heavy (non-hydrogen) atoms. The molecule has 0 aromatic heterocycles. The first-order valence-electron chi connectivity index (χ1n) is 5.54. The van der Waals surface area contributed by atoms with E-state index in [0.717, 1.165) is 23.7 Å². The quantitative estimate of drug-likeness (QED) is 0.819. The molecule has 1 atom stereocenters. The second-order valence-electron chi connectivity index (χ2n) is 4.10. The Morgan fingerprint density at radius 2 is 2.19 bits per heavy atom. The number of rotatable bonds is 3. The van der Waals surface area contributed by atoms with Crippen molar-refractivity contribution < 1.29 is 8.78 Å². The zero-order valence-electron chi connectivity index (χ0n) is 9.01. The van der Waals surface area contributed by atoms with Gasteiger partial charge in [-0.3, -0.25) is 0 Å². The van der Waals surface area contributed by atoms with E-state index < -0.39 is 11.6 Å². The lowest BCUT2D eigenvalue weighted by molar-refractivity contribution is 0.410. The molecule has 1 heterocycles. The van der Waals surface area contributed by atoms with Gasteiger partial charge in [0, 0.05) is 10.6 Å². The van der Waals surface area contributed by atoms with Gasteiger partial charge in [-0.25, -0.2) is 8.78 Å². The Morgan fingerprint density at radius 3 is 2.88 bits per heavy atom. The fraction of sp³-hybridized carbons (Fsp3) is 0.500. The molecule has 1 N–H and O–H groups in total. The molecule has 0 radical (unpaired) electrons. The first-order valence-corrected chi connectivity index (χ1v) is 6.53. The van der Waals surface area contributed by atoms with Crippen molar-refractivity contribution in [1.29, 1.82) is 0 Å². The number of hydrogen-bond donors (Lipinski definition) is 1. The molecular formula is C12H15F2NS. The number of halogens is 2. The summed E-state index contributed by atoms with van der Waals surface area (Å²) in [7, 11) is 0. The summed E-state index contributed by atoms with van der Waals surface area (Å²) < 4.78 is 25.6. The number of thioether (sulfide) groups is 1. The number of nitrogens with one attached hydrogen (secondary N) is 1. The second-order valence-corrected chi connectivity index (χ2v) is 5.19. The fourth-order valence-corrected chi connectivity index (χ4v) is 2.91. The maximum Gasteiger partial charge on any atom is 0.159 e. The Morgan fingerprint density at radius 1 is 1.31 bits per heavy atom. The molecular weight excluding hydrogens is 228 g/mol. The van der Waals surface area contributed by atoms with Gasteiger partial charge >= 0.3 is 0 Å². The summed E-state index contributed by atoms with van der Waals surface area (Å²) in [5.74, 6) is 0.0836. The lowest BCUT2D eigenvalue weighted by Gasteiger charge is -2.22. The van der Waals surface area contributed by atoms with E-state index in [1.165, 1.54) is 25.0 Å². The van der Waals surface area contributed by atoms with Crippen LogP contribution in [0.3, 0.4) is 0 Å². The van der Waals surface area contributed by atoms with Gasteiger partial charge in [0.2, 0.25) is 0 Å². The molecule has 0 bridgehead atoms. The number of benzene rings is 1. The van der Waals surface area contributed by atoms with E-state index in [1.54, 1.807) is 17.8 Å². The van der Waals surface area contributed by atoms with E-state index >= 15 is 0 Å². The van der Waals surface area contributed by atoms with Crippen LogP contribution in [0, 0.1) is 17.6 Å². The van der Waals surface area contributed by atoms with Gasteiger partial charge in [-0.15, -0.1) is 11.8 Å². The van der Waals surface area contributed by atoms with Crippen LogP contribution in [0.2, 0.25) is 0 Å². The molecule has 0 spiro atoms. The molecule has 0 aliphatic carbocycles. The van der Waals surface area contributed by atoms with Crippen LogP contribution in [-0.4, -0.2) is 18.8 Å². The smallest absolute Gasteiger partial charge is 0.159 e. The van der Waals surface area contributed by atoms with E-state index in [9.17, 15) is 8.78 Å². The standard InChI is InChI=1S/C12H15F2NS/c13-11-4-3-10(6-12(11)14)16-8-9-2-1-5-15-7-9/h3-4,6,9,15H,1-2,5,7-8H2. The highest BCUT2D eigenvalue weighted by atomic mass is 32.2. The van der Waals surface area contributed by atoms with Crippen molar-refractivity contribution in [3.63, 3.8) is 0 Å². The third-order valence-corrected chi connectivity index (χ3v) is 4.00. The first kappa shape index (κ1) is 11.9. The maximum absolute atomic E-state index is 12.9. The van der Waals surface area contributed by atoms with Crippen LogP contribution in [0.15, 0.2) is 23.1 Å². The highest BCUT2D eigenvalue weighted by molar-refractivity contribution is 7.99. The molecule has 1 nitrogen and oxygen atoms in total. The molecule has 1 aromatic rings. The SMILES string of the molecule is Fc1ccc(SCC2CCCNC2)cc1F. The predicted molar refractivity (Wildman–Crippen MR) is 62.7 cm³/mol. The Labute approximate surface area is 98.6 Å². The largest absolute Gasteiger partial charge is 0.316 e. The van der Waals surface area contributed by atoms with Crippen molar-refractivity contribution in [2.45, 2.75) is 17.7 Å². The highest BCUT2D eigenvalue weighted by Gasteiger charge is 2.13. The first-order chi connectivity index (χ1) is 7.75. The van der Waals surface area contributed by atoms with Crippen molar-refractivity contribution >= 4 is 11.8 Å². The molecule has 4 heteroatoms. The molecule has 2 rings (SSSR count). The molecule has 1 aliphatic rings. The average molecular weight is 243 g/mol. The fourth-order valence-electron chi connectivity index (χ4n) is 1.85. The van der Waals surface area contributed by atoms with E-state index in [1.807, 2.05) is 0 Å². The number of piperidine rings is 1. The lowest BCUT2D eigenvalue weighted by Crippen LogP contribution is -2.30. The van der Waals surface area contributed by atoms with Gasteiger partial charge in [0.25, 0.3) is 0 Å². The summed E-state index contributed by atoms with van der Waals surface area (Å²) >= 11 is 1.60. The zero-order chi connectivity index (χ0) is 11.4. The summed E-state index contributed by atoms with van der Waals surface area (Å²) in [5.41, 5.74) is 0. The molecule has 0 amide bonds. The van der Waals surface area contributed by atoms with Gasteiger partial charge in [0.1, 0.15) is 0 Å². The van der Waals surface area contributed by atoms with E-state index in [4.69, 9.17) is 0 Å². The monoisotopic (exact) mass is 243 g/mol. The van der Waals surface area contributed by atoms with Gasteiger partial charge < -0.3 is 5.32 Å². The van der Waals surface area contributed by atoms with Crippen LogP contribution in [0.4, 0.5) is 8.78 Å². The second kappa shape index (κ2) is 5.64. The van der Waals surface area contributed by atoms with Gasteiger partial charge in [0.05, 0.1) is 0 Å². The summed E-state index contributed by atoms with van der Waals surface area (Å²) in [5, 5.41) is 3.34. The Kier molecular flexibility index (Phi) is 4.18. The van der Waals surface area contributed by atoms with Crippen LogP contribution in [0.5, 0.6) is 0 Å². The van der Waals surface area contributed by atoms with Crippen molar-refractivity contribution in [2.75, 3.05) is 18.8 Å². The minimum atomic E-state index is -0.774.